The van der Waals surface area contributed by atoms with Gasteiger partial charge in [-0.25, -0.2) is 9.55 Å². The number of likely N-dealkylation sites (tertiary alicyclic amines) is 1. The number of hydrogen-bond acceptors (Lipinski definition) is 4. The number of carbonyl (C=O) groups is 1. The van der Waals surface area contributed by atoms with Crippen LogP contribution in [0.15, 0.2) is 6.20 Å². The largest absolute Gasteiger partial charge is 0.358 e. The minimum atomic E-state index is -0.504. The maximum atomic E-state index is 12.5. The predicted molar refractivity (Wildman–Crippen MR) is 73.2 cm³/mol. The van der Waals surface area contributed by atoms with Crippen molar-refractivity contribution in [3.05, 3.63) is 22.1 Å². The minimum Gasteiger partial charge on any atom is -0.358 e. The molecule has 0 aliphatic carbocycles. The number of amides is 1. The Bertz CT molecular complexity index is 516. The van der Waals surface area contributed by atoms with Crippen molar-refractivity contribution in [3.63, 3.8) is 0 Å². The van der Waals surface area contributed by atoms with E-state index in [2.05, 4.69) is 4.98 Å². The van der Waals surface area contributed by atoms with Crippen LogP contribution in [0.2, 0.25) is 0 Å². The first-order valence-corrected chi connectivity index (χ1v) is 6.89. The minimum absolute atomic E-state index is 0.0170. The highest BCUT2D eigenvalue weighted by Crippen LogP contribution is 2.23. The molecule has 1 saturated heterocycles. The third-order valence-electron chi connectivity index (χ3n) is 4.00. The average molecular weight is 280 g/mol. The van der Waals surface area contributed by atoms with Gasteiger partial charge in [-0.2, -0.15) is 0 Å². The maximum Gasteiger partial charge on any atom is 0.343 e. The first-order valence-electron chi connectivity index (χ1n) is 6.89. The second-order valence-corrected chi connectivity index (χ2v) is 5.44. The molecule has 1 fully saturated rings. The molecule has 0 bridgehead atoms. The van der Waals surface area contributed by atoms with E-state index in [1.807, 2.05) is 18.7 Å². The fourth-order valence-electron chi connectivity index (χ4n) is 2.93. The molecular weight excluding hydrogens is 260 g/mol. The normalized spacial score (nSPS) is 22.9. The van der Waals surface area contributed by atoms with Crippen molar-refractivity contribution in [3.8, 4) is 0 Å². The van der Waals surface area contributed by atoms with E-state index in [1.54, 1.807) is 6.92 Å². The molecule has 2 unspecified atom stereocenters. The molecule has 7 nitrogen and oxygen atoms in total. The second kappa shape index (κ2) is 5.60. The Kier molecular flexibility index (Phi) is 4.06. The van der Waals surface area contributed by atoms with Crippen molar-refractivity contribution in [1.82, 2.24) is 14.5 Å². The predicted octanol–water partition coefficient (Wildman–Crippen LogP) is 1.89. The molecule has 2 rings (SSSR count). The van der Waals surface area contributed by atoms with Gasteiger partial charge in [0.1, 0.15) is 6.20 Å². The third-order valence-corrected chi connectivity index (χ3v) is 4.00. The van der Waals surface area contributed by atoms with Crippen molar-refractivity contribution in [2.45, 2.75) is 58.7 Å². The van der Waals surface area contributed by atoms with E-state index in [0.29, 0.717) is 5.82 Å². The Morgan fingerprint density at radius 1 is 1.45 bits per heavy atom. The zero-order valence-corrected chi connectivity index (χ0v) is 12.1. The second-order valence-electron chi connectivity index (χ2n) is 5.44. The summed E-state index contributed by atoms with van der Waals surface area (Å²) in [7, 11) is 0. The van der Waals surface area contributed by atoms with Gasteiger partial charge in [0.2, 0.25) is 0 Å². The van der Waals surface area contributed by atoms with Gasteiger partial charge in [-0.15, -0.1) is 0 Å². The Labute approximate surface area is 117 Å². The summed E-state index contributed by atoms with van der Waals surface area (Å²) in [5.41, 5.74) is 0. The summed E-state index contributed by atoms with van der Waals surface area (Å²) in [6.07, 6.45) is 4.30. The SMILES string of the molecule is Cc1ncc([N+](=O)[O-])n1CC(=O)N1C(C)CCCC1C. The summed E-state index contributed by atoms with van der Waals surface area (Å²) >= 11 is 0. The van der Waals surface area contributed by atoms with Crippen molar-refractivity contribution in [1.29, 1.82) is 0 Å². The number of imidazole rings is 1. The Morgan fingerprint density at radius 2 is 2.05 bits per heavy atom. The van der Waals surface area contributed by atoms with Crippen molar-refractivity contribution >= 4 is 11.7 Å². The molecule has 2 atom stereocenters. The molecule has 20 heavy (non-hydrogen) atoms. The third kappa shape index (κ3) is 2.66. The topological polar surface area (TPSA) is 81.3 Å². The van der Waals surface area contributed by atoms with Crippen LogP contribution in [0.3, 0.4) is 0 Å². The Hall–Kier alpha value is -1.92. The van der Waals surface area contributed by atoms with Crippen LogP contribution in [0.4, 0.5) is 5.82 Å². The van der Waals surface area contributed by atoms with Crippen molar-refractivity contribution in [2.24, 2.45) is 0 Å². The van der Waals surface area contributed by atoms with E-state index in [1.165, 1.54) is 10.8 Å². The van der Waals surface area contributed by atoms with Gasteiger partial charge in [0.15, 0.2) is 12.4 Å². The van der Waals surface area contributed by atoms with Crippen molar-refractivity contribution < 1.29 is 9.72 Å². The summed E-state index contributed by atoms with van der Waals surface area (Å²) in [4.78, 5) is 28.7. The number of aromatic nitrogens is 2. The number of carbonyl (C=O) groups excluding carboxylic acids is 1. The van der Waals surface area contributed by atoms with Crippen LogP contribution in [-0.2, 0) is 11.3 Å². The van der Waals surface area contributed by atoms with E-state index >= 15 is 0 Å². The first kappa shape index (κ1) is 14.5. The van der Waals surface area contributed by atoms with E-state index in [-0.39, 0.29) is 30.4 Å². The molecule has 1 aromatic heterocycles. The van der Waals surface area contributed by atoms with E-state index in [4.69, 9.17) is 0 Å². The molecule has 110 valence electrons. The van der Waals surface area contributed by atoms with Gasteiger partial charge in [-0.1, -0.05) is 0 Å². The molecule has 1 aliphatic rings. The highest BCUT2D eigenvalue weighted by atomic mass is 16.6. The van der Waals surface area contributed by atoms with Crippen LogP contribution in [-0.4, -0.2) is 37.4 Å². The lowest BCUT2D eigenvalue weighted by Crippen LogP contribution is -2.48. The molecule has 2 heterocycles. The van der Waals surface area contributed by atoms with Gasteiger partial charge in [-0.05, 0) is 38.0 Å². The summed E-state index contributed by atoms with van der Waals surface area (Å²) < 4.78 is 1.37. The molecule has 0 spiro atoms. The first-order chi connectivity index (χ1) is 9.41. The molecule has 1 amide bonds. The maximum absolute atomic E-state index is 12.5. The van der Waals surface area contributed by atoms with Crippen LogP contribution >= 0.6 is 0 Å². The molecule has 0 saturated carbocycles. The number of aryl methyl sites for hydroxylation is 1. The van der Waals surface area contributed by atoms with Gasteiger partial charge < -0.3 is 15.0 Å². The van der Waals surface area contributed by atoms with E-state index in [9.17, 15) is 14.9 Å². The lowest BCUT2D eigenvalue weighted by Gasteiger charge is -2.38. The molecule has 0 radical (unpaired) electrons. The van der Waals surface area contributed by atoms with Crippen molar-refractivity contribution in [2.75, 3.05) is 0 Å². The van der Waals surface area contributed by atoms with Gasteiger partial charge in [0.25, 0.3) is 5.91 Å². The number of nitro groups is 1. The summed E-state index contributed by atoms with van der Waals surface area (Å²) in [6, 6.07) is 0.378. The Morgan fingerprint density at radius 3 is 2.60 bits per heavy atom. The average Bonchev–Trinajstić information content (AvgIpc) is 2.71. The summed E-state index contributed by atoms with van der Waals surface area (Å²) in [5.74, 6) is 0.282. The van der Waals surface area contributed by atoms with Gasteiger partial charge in [-0.3, -0.25) is 4.79 Å². The number of piperidine rings is 1. The molecule has 0 aromatic carbocycles. The molecular formula is C13H20N4O3. The van der Waals surface area contributed by atoms with Gasteiger partial charge >= 0.3 is 5.82 Å². The van der Waals surface area contributed by atoms with Crippen LogP contribution in [0.5, 0.6) is 0 Å². The monoisotopic (exact) mass is 280 g/mol. The number of nitrogens with zero attached hydrogens (tertiary/aromatic N) is 4. The van der Waals surface area contributed by atoms with Gasteiger partial charge in [0.05, 0.1) is 0 Å². The number of hydrogen-bond donors (Lipinski definition) is 0. The fraction of sp³-hybridized carbons (Fsp3) is 0.692. The van der Waals surface area contributed by atoms with E-state index < -0.39 is 4.92 Å². The van der Waals surface area contributed by atoms with Crippen LogP contribution in [0, 0.1) is 17.0 Å². The van der Waals surface area contributed by atoms with E-state index in [0.717, 1.165) is 19.3 Å². The highest BCUT2D eigenvalue weighted by Gasteiger charge is 2.31. The highest BCUT2D eigenvalue weighted by molar-refractivity contribution is 5.77. The van der Waals surface area contributed by atoms with Crippen LogP contribution in [0.25, 0.3) is 0 Å². The lowest BCUT2D eigenvalue weighted by atomic mass is 9.97. The molecule has 7 heteroatoms. The smallest absolute Gasteiger partial charge is 0.343 e. The van der Waals surface area contributed by atoms with Gasteiger partial charge in [0, 0.05) is 19.0 Å². The lowest BCUT2D eigenvalue weighted by molar-refractivity contribution is -0.392. The Balaban J connectivity index is 2.19. The molecule has 0 N–H and O–H groups in total. The zero-order valence-electron chi connectivity index (χ0n) is 12.1. The van der Waals surface area contributed by atoms with Crippen LogP contribution in [0.1, 0.15) is 38.9 Å². The number of rotatable bonds is 3. The standard InChI is InChI=1S/C13H20N4O3/c1-9-5-4-6-10(2)16(9)13(18)8-15-11(3)14-7-12(15)17(19)20/h7,9-10H,4-6,8H2,1-3H3. The molecule has 1 aliphatic heterocycles. The summed E-state index contributed by atoms with van der Waals surface area (Å²) in [6.45, 7) is 5.71. The summed E-state index contributed by atoms with van der Waals surface area (Å²) in [5, 5.41) is 10.9. The quantitative estimate of drug-likeness (QED) is 0.625. The fourth-order valence-corrected chi connectivity index (χ4v) is 2.93. The molecule has 1 aromatic rings. The van der Waals surface area contributed by atoms with Crippen LogP contribution < -0.4 is 0 Å². The zero-order chi connectivity index (χ0) is 14.9.